The molecular formula is C16H22N2O2S. The van der Waals surface area contributed by atoms with E-state index in [-0.39, 0.29) is 11.9 Å². The topological polar surface area (TPSA) is 42.4 Å². The number of carbonyl (C=O) groups is 1. The summed E-state index contributed by atoms with van der Waals surface area (Å²) in [5, 5.41) is 1.16. The minimum absolute atomic E-state index is 0.0896. The molecule has 0 aromatic carbocycles. The van der Waals surface area contributed by atoms with Gasteiger partial charge in [0.15, 0.2) is 5.13 Å². The second-order valence-electron chi connectivity index (χ2n) is 6.48. The zero-order chi connectivity index (χ0) is 14.4. The predicted octanol–water partition coefficient (Wildman–Crippen LogP) is 3.11. The standard InChI is InChI=1S/C16H22N2O2S/c1-2-20-15(19)12-7-8-13-14(12)17-16(21-13)18(11-5-6-11)9-10-3-4-10/h10-12H,2-9H2,1H3. The van der Waals surface area contributed by atoms with Gasteiger partial charge >= 0.3 is 5.97 Å². The smallest absolute Gasteiger partial charge is 0.315 e. The molecule has 0 amide bonds. The molecule has 1 heterocycles. The van der Waals surface area contributed by atoms with E-state index in [1.165, 1.54) is 37.1 Å². The molecule has 1 aromatic rings. The van der Waals surface area contributed by atoms with Crippen molar-refractivity contribution in [2.75, 3.05) is 18.1 Å². The molecule has 5 heteroatoms. The Hall–Kier alpha value is -1.10. The molecule has 4 nitrogen and oxygen atoms in total. The highest BCUT2D eigenvalue weighted by Crippen LogP contribution is 2.44. The normalized spacial score (nSPS) is 24.0. The summed E-state index contributed by atoms with van der Waals surface area (Å²) in [6.07, 6.45) is 7.22. The molecule has 1 unspecified atom stereocenters. The number of esters is 1. The Morgan fingerprint density at radius 1 is 1.33 bits per heavy atom. The summed E-state index contributed by atoms with van der Waals surface area (Å²) in [5.74, 6) is 0.672. The number of rotatable bonds is 6. The number of ether oxygens (including phenoxy) is 1. The van der Waals surface area contributed by atoms with Crippen LogP contribution in [0.25, 0.3) is 0 Å². The van der Waals surface area contributed by atoms with Gasteiger partial charge in [-0.25, -0.2) is 4.98 Å². The molecule has 114 valence electrons. The van der Waals surface area contributed by atoms with E-state index in [1.54, 1.807) is 0 Å². The summed E-state index contributed by atoms with van der Waals surface area (Å²) in [6.45, 7) is 3.49. The van der Waals surface area contributed by atoms with Gasteiger partial charge in [0.2, 0.25) is 0 Å². The van der Waals surface area contributed by atoms with E-state index in [9.17, 15) is 4.79 Å². The van der Waals surface area contributed by atoms with Gasteiger partial charge in [0.05, 0.1) is 12.3 Å². The predicted molar refractivity (Wildman–Crippen MR) is 82.9 cm³/mol. The number of thiazole rings is 1. The van der Waals surface area contributed by atoms with Crippen molar-refractivity contribution in [1.82, 2.24) is 4.98 Å². The Bertz CT molecular complexity index is 548. The van der Waals surface area contributed by atoms with Crippen LogP contribution in [0, 0.1) is 5.92 Å². The molecule has 21 heavy (non-hydrogen) atoms. The molecule has 0 bridgehead atoms. The minimum Gasteiger partial charge on any atom is -0.465 e. The van der Waals surface area contributed by atoms with Crippen LogP contribution in [0.5, 0.6) is 0 Å². The van der Waals surface area contributed by atoms with Crippen LogP contribution in [0.4, 0.5) is 5.13 Å². The lowest BCUT2D eigenvalue weighted by atomic mass is 10.1. The average molecular weight is 306 g/mol. The van der Waals surface area contributed by atoms with Crippen molar-refractivity contribution in [2.24, 2.45) is 5.92 Å². The van der Waals surface area contributed by atoms with Gasteiger partial charge < -0.3 is 9.64 Å². The van der Waals surface area contributed by atoms with Crippen LogP contribution in [-0.2, 0) is 16.0 Å². The van der Waals surface area contributed by atoms with Crippen molar-refractivity contribution in [1.29, 1.82) is 0 Å². The summed E-state index contributed by atoms with van der Waals surface area (Å²) < 4.78 is 5.20. The average Bonchev–Trinajstić information content (AvgIpc) is 3.35. The maximum atomic E-state index is 12.0. The van der Waals surface area contributed by atoms with Crippen molar-refractivity contribution in [3.8, 4) is 0 Å². The van der Waals surface area contributed by atoms with E-state index >= 15 is 0 Å². The summed E-state index contributed by atoms with van der Waals surface area (Å²) in [5.41, 5.74) is 1.01. The van der Waals surface area contributed by atoms with Gasteiger partial charge in [-0.3, -0.25) is 4.79 Å². The summed E-state index contributed by atoms with van der Waals surface area (Å²) >= 11 is 1.81. The van der Waals surface area contributed by atoms with Crippen LogP contribution in [0.2, 0.25) is 0 Å². The van der Waals surface area contributed by atoms with Gasteiger partial charge in [0.25, 0.3) is 0 Å². The molecule has 3 aliphatic rings. The third kappa shape index (κ3) is 2.68. The minimum atomic E-state index is -0.119. The second kappa shape index (κ2) is 5.27. The van der Waals surface area contributed by atoms with Crippen molar-refractivity contribution >= 4 is 22.4 Å². The molecule has 0 spiro atoms. The zero-order valence-electron chi connectivity index (χ0n) is 12.5. The number of aromatic nitrogens is 1. The highest BCUT2D eigenvalue weighted by atomic mass is 32.1. The maximum absolute atomic E-state index is 12.0. The van der Waals surface area contributed by atoms with E-state index in [0.717, 1.165) is 29.6 Å². The third-order valence-corrected chi connectivity index (χ3v) is 5.83. The number of carbonyl (C=O) groups excluding carboxylic acids is 1. The van der Waals surface area contributed by atoms with Crippen LogP contribution < -0.4 is 4.90 Å². The van der Waals surface area contributed by atoms with Crippen LogP contribution in [-0.4, -0.2) is 30.1 Å². The van der Waals surface area contributed by atoms with Crippen molar-refractivity contribution in [3.05, 3.63) is 10.6 Å². The Morgan fingerprint density at radius 3 is 2.81 bits per heavy atom. The summed E-state index contributed by atoms with van der Waals surface area (Å²) in [4.78, 5) is 20.7. The number of fused-ring (bicyclic) bond motifs is 1. The molecular weight excluding hydrogens is 284 g/mol. The van der Waals surface area contributed by atoms with E-state index in [2.05, 4.69) is 4.90 Å². The van der Waals surface area contributed by atoms with E-state index < -0.39 is 0 Å². The third-order valence-electron chi connectivity index (χ3n) is 4.66. The largest absolute Gasteiger partial charge is 0.465 e. The number of aryl methyl sites for hydroxylation is 1. The zero-order valence-corrected chi connectivity index (χ0v) is 13.3. The van der Waals surface area contributed by atoms with Crippen LogP contribution in [0.3, 0.4) is 0 Å². The Kier molecular flexibility index (Phi) is 3.40. The lowest BCUT2D eigenvalue weighted by Gasteiger charge is -2.21. The van der Waals surface area contributed by atoms with Crippen LogP contribution in [0.15, 0.2) is 0 Å². The van der Waals surface area contributed by atoms with Gasteiger partial charge in [0.1, 0.15) is 5.92 Å². The van der Waals surface area contributed by atoms with Crippen LogP contribution in [0.1, 0.15) is 55.5 Å². The first-order chi connectivity index (χ1) is 10.3. The quantitative estimate of drug-likeness (QED) is 0.757. The number of hydrogen-bond donors (Lipinski definition) is 0. The molecule has 0 aliphatic heterocycles. The fourth-order valence-corrected chi connectivity index (χ4v) is 4.38. The number of anilines is 1. The lowest BCUT2D eigenvalue weighted by molar-refractivity contribution is -0.145. The molecule has 1 aromatic heterocycles. The SMILES string of the molecule is CCOC(=O)C1CCc2sc(N(CC3CC3)C3CC3)nc21. The Morgan fingerprint density at radius 2 is 2.14 bits per heavy atom. The summed E-state index contributed by atoms with van der Waals surface area (Å²) in [7, 11) is 0. The van der Waals surface area contributed by atoms with Crippen molar-refractivity contribution in [2.45, 2.75) is 57.4 Å². The molecule has 0 saturated heterocycles. The lowest BCUT2D eigenvalue weighted by Crippen LogP contribution is -2.28. The van der Waals surface area contributed by atoms with E-state index in [1.807, 2.05) is 18.3 Å². The Labute approximate surface area is 129 Å². The first-order valence-corrected chi connectivity index (χ1v) is 9.00. The maximum Gasteiger partial charge on any atom is 0.315 e. The first-order valence-electron chi connectivity index (χ1n) is 8.19. The molecule has 4 rings (SSSR count). The Balaban J connectivity index is 1.55. The van der Waals surface area contributed by atoms with Gasteiger partial charge in [0, 0.05) is 17.5 Å². The molecule has 3 aliphatic carbocycles. The van der Waals surface area contributed by atoms with Gasteiger partial charge in [-0.2, -0.15) is 0 Å². The van der Waals surface area contributed by atoms with Gasteiger partial charge in [-0.05, 0) is 51.4 Å². The van der Waals surface area contributed by atoms with Gasteiger partial charge in [-0.15, -0.1) is 11.3 Å². The molecule has 0 N–H and O–H groups in total. The fourth-order valence-electron chi connectivity index (χ4n) is 3.16. The highest BCUT2D eigenvalue weighted by Gasteiger charge is 2.38. The van der Waals surface area contributed by atoms with Crippen LogP contribution >= 0.6 is 11.3 Å². The molecule has 2 saturated carbocycles. The molecule has 1 atom stereocenters. The number of hydrogen-bond acceptors (Lipinski definition) is 5. The first kappa shape index (κ1) is 13.6. The number of nitrogens with zero attached hydrogens (tertiary/aromatic N) is 2. The molecule has 0 radical (unpaired) electrons. The van der Waals surface area contributed by atoms with Gasteiger partial charge in [-0.1, -0.05) is 0 Å². The van der Waals surface area contributed by atoms with E-state index in [4.69, 9.17) is 9.72 Å². The van der Waals surface area contributed by atoms with Crippen molar-refractivity contribution in [3.63, 3.8) is 0 Å². The second-order valence-corrected chi connectivity index (χ2v) is 7.54. The monoisotopic (exact) mass is 306 g/mol. The summed E-state index contributed by atoms with van der Waals surface area (Å²) in [6, 6.07) is 0.706. The van der Waals surface area contributed by atoms with E-state index in [0.29, 0.717) is 12.6 Å². The highest BCUT2D eigenvalue weighted by molar-refractivity contribution is 7.15. The fraction of sp³-hybridized carbons (Fsp3) is 0.750. The van der Waals surface area contributed by atoms with Crippen molar-refractivity contribution < 1.29 is 9.53 Å². The molecule has 2 fully saturated rings.